The van der Waals surface area contributed by atoms with E-state index in [-0.39, 0.29) is 12.7 Å². The maximum absolute atomic E-state index is 10.5. The SMILES string of the molecule is CC1(C)O[C@@H]2[C@@H](CO[C@]3(COC(C)(C)O3)[C@H]2O)O1. The van der Waals surface area contributed by atoms with E-state index in [1.165, 1.54) is 0 Å². The molecule has 3 aliphatic heterocycles. The second kappa shape index (κ2) is 3.65. The second-order valence-electron chi connectivity index (χ2n) is 6.00. The van der Waals surface area contributed by atoms with Gasteiger partial charge in [-0.05, 0) is 27.7 Å². The molecule has 1 spiro atoms. The normalized spacial score (nSPS) is 49.5. The summed E-state index contributed by atoms with van der Waals surface area (Å²) in [6.45, 7) is 7.74. The van der Waals surface area contributed by atoms with Crippen LogP contribution in [0.4, 0.5) is 0 Å². The van der Waals surface area contributed by atoms with Crippen LogP contribution in [0.5, 0.6) is 0 Å². The van der Waals surface area contributed by atoms with E-state index in [1.54, 1.807) is 13.8 Å². The average Bonchev–Trinajstić information content (AvgIpc) is 2.71. The topological polar surface area (TPSA) is 66.4 Å². The molecule has 0 radical (unpaired) electrons. The van der Waals surface area contributed by atoms with Crippen LogP contribution < -0.4 is 0 Å². The van der Waals surface area contributed by atoms with Gasteiger partial charge in [0.2, 0.25) is 5.79 Å². The van der Waals surface area contributed by atoms with E-state index in [4.69, 9.17) is 23.7 Å². The molecule has 18 heavy (non-hydrogen) atoms. The third kappa shape index (κ3) is 1.88. The van der Waals surface area contributed by atoms with Crippen LogP contribution in [0.2, 0.25) is 0 Å². The first-order chi connectivity index (χ1) is 8.23. The molecule has 3 saturated heterocycles. The Morgan fingerprint density at radius 2 is 1.72 bits per heavy atom. The lowest BCUT2D eigenvalue weighted by molar-refractivity contribution is -0.326. The van der Waals surface area contributed by atoms with Crippen LogP contribution in [0.25, 0.3) is 0 Å². The molecule has 3 heterocycles. The summed E-state index contributed by atoms with van der Waals surface area (Å²) >= 11 is 0. The zero-order valence-electron chi connectivity index (χ0n) is 11.1. The fourth-order valence-corrected chi connectivity index (χ4v) is 2.78. The molecule has 3 fully saturated rings. The Hall–Kier alpha value is -0.240. The Balaban J connectivity index is 1.82. The monoisotopic (exact) mass is 260 g/mol. The molecular weight excluding hydrogens is 240 g/mol. The average molecular weight is 260 g/mol. The summed E-state index contributed by atoms with van der Waals surface area (Å²) in [7, 11) is 0. The summed E-state index contributed by atoms with van der Waals surface area (Å²) in [5, 5.41) is 10.5. The molecule has 4 atom stereocenters. The van der Waals surface area contributed by atoms with Crippen LogP contribution in [-0.4, -0.2) is 54.0 Å². The minimum absolute atomic E-state index is 0.189. The molecule has 0 saturated carbocycles. The lowest BCUT2D eigenvalue weighted by atomic mass is 9.97. The fraction of sp³-hybridized carbons (Fsp3) is 1.00. The van der Waals surface area contributed by atoms with Gasteiger partial charge in [0.05, 0.1) is 6.61 Å². The van der Waals surface area contributed by atoms with Crippen LogP contribution in [0.1, 0.15) is 27.7 Å². The van der Waals surface area contributed by atoms with Gasteiger partial charge in [-0.1, -0.05) is 0 Å². The number of aliphatic hydroxyl groups excluding tert-OH is 1. The number of rotatable bonds is 0. The molecule has 1 N–H and O–H groups in total. The third-order valence-corrected chi connectivity index (χ3v) is 3.51. The predicted octanol–water partition coefficient (Wildman–Crippen LogP) is 0.377. The minimum atomic E-state index is -1.14. The van der Waals surface area contributed by atoms with E-state index in [0.29, 0.717) is 6.61 Å². The minimum Gasteiger partial charge on any atom is -0.385 e. The Morgan fingerprint density at radius 1 is 1.00 bits per heavy atom. The molecule has 104 valence electrons. The van der Waals surface area contributed by atoms with Crippen molar-refractivity contribution in [1.29, 1.82) is 0 Å². The van der Waals surface area contributed by atoms with E-state index in [0.717, 1.165) is 0 Å². The first-order valence-corrected chi connectivity index (χ1v) is 6.25. The molecule has 3 aliphatic rings. The zero-order chi connectivity index (χ0) is 13.2. The molecule has 3 rings (SSSR count). The first-order valence-electron chi connectivity index (χ1n) is 6.25. The maximum Gasteiger partial charge on any atom is 0.224 e. The number of hydrogen-bond acceptors (Lipinski definition) is 6. The molecule has 0 aromatic heterocycles. The summed E-state index contributed by atoms with van der Waals surface area (Å²) in [6.07, 6.45) is -1.65. The first kappa shape index (κ1) is 12.8. The van der Waals surface area contributed by atoms with E-state index in [1.807, 2.05) is 13.8 Å². The van der Waals surface area contributed by atoms with E-state index < -0.39 is 29.6 Å². The third-order valence-electron chi connectivity index (χ3n) is 3.51. The molecule has 0 aliphatic carbocycles. The van der Waals surface area contributed by atoms with Crippen molar-refractivity contribution in [2.45, 2.75) is 63.4 Å². The van der Waals surface area contributed by atoms with Gasteiger partial charge < -0.3 is 28.8 Å². The molecule has 6 heteroatoms. The van der Waals surface area contributed by atoms with Crippen molar-refractivity contribution < 1.29 is 28.8 Å². The van der Waals surface area contributed by atoms with Crippen LogP contribution in [0.3, 0.4) is 0 Å². The molecule has 0 aromatic rings. The Labute approximate surface area is 106 Å². The van der Waals surface area contributed by atoms with Gasteiger partial charge in [0.1, 0.15) is 24.9 Å². The van der Waals surface area contributed by atoms with Gasteiger partial charge in [-0.3, -0.25) is 0 Å². The number of fused-ring (bicyclic) bond motifs is 1. The standard InChI is InChI=1S/C12H20O6/c1-10(2)15-6-12(18-10)9(13)8-7(5-14-12)16-11(3,4)17-8/h7-9,13H,5-6H2,1-4H3/t7-,8-,9+,12+/m1/s1. The number of aliphatic hydroxyl groups is 1. The summed E-state index contributed by atoms with van der Waals surface area (Å²) in [4.78, 5) is 0. The highest BCUT2D eigenvalue weighted by Crippen LogP contribution is 2.43. The highest BCUT2D eigenvalue weighted by Gasteiger charge is 2.62. The summed E-state index contributed by atoms with van der Waals surface area (Å²) in [6, 6.07) is 0. The Morgan fingerprint density at radius 3 is 2.33 bits per heavy atom. The smallest absolute Gasteiger partial charge is 0.224 e. The van der Waals surface area contributed by atoms with Crippen molar-refractivity contribution in [2.75, 3.05) is 13.2 Å². The lowest BCUT2D eigenvalue weighted by Crippen LogP contribution is -2.61. The lowest BCUT2D eigenvalue weighted by Gasteiger charge is -2.41. The van der Waals surface area contributed by atoms with Crippen LogP contribution in [0.15, 0.2) is 0 Å². The van der Waals surface area contributed by atoms with Gasteiger partial charge in [0.15, 0.2) is 11.6 Å². The molecule has 0 bridgehead atoms. The van der Waals surface area contributed by atoms with Crippen molar-refractivity contribution in [1.82, 2.24) is 0 Å². The summed E-state index contributed by atoms with van der Waals surface area (Å²) in [5.74, 6) is -2.61. The van der Waals surface area contributed by atoms with Crippen molar-refractivity contribution in [3.8, 4) is 0 Å². The van der Waals surface area contributed by atoms with Gasteiger partial charge in [0, 0.05) is 0 Å². The largest absolute Gasteiger partial charge is 0.385 e. The fourth-order valence-electron chi connectivity index (χ4n) is 2.78. The van der Waals surface area contributed by atoms with Crippen molar-refractivity contribution in [3.05, 3.63) is 0 Å². The van der Waals surface area contributed by atoms with E-state index >= 15 is 0 Å². The van der Waals surface area contributed by atoms with Crippen molar-refractivity contribution in [3.63, 3.8) is 0 Å². The summed E-state index contributed by atoms with van der Waals surface area (Å²) < 4.78 is 28.3. The maximum atomic E-state index is 10.5. The van der Waals surface area contributed by atoms with Crippen LogP contribution in [0, 0.1) is 0 Å². The van der Waals surface area contributed by atoms with Gasteiger partial charge in [-0.25, -0.2) is 0 Å². The van der Waals surface area contributed by atoms with Crippen molar-refractivity contribution in [2.24, 2.45) is 0 Å². The van der Waals surface area contributed by atoms with Crippen LogP contribution in [-0.2, 0) is 23.7 Å². The molecular formula is C12H20O6. The second-order valence-corrected chi connectivity index (χ2v) is 6.00. The predicted molar refractivity (Wildman–Crippen MR) is 59.6 cm³/mol. The van der Waals surface area contributed by atoms with E-state index in [9.17, 15) is 5.11 Å². The van der Waals surface area contributed by atoms with E-state index in [2.05, 4.69) is 0 Å². The quantitative estimate of drug-likeness (QED) is 0.679. The van der Waals surface area contributed by atoms with Gasteiger partial charge >= 0.3 is 0 Å². The number of ether oxygens (including phenoxy) is 5. The van der Waals surface area contributed by atoms with Gasteiger partial charge in [0.25, 0.3) is 0 Å². The molecule has 0 aromatic carbocycles. The zero-order valence-corrected chi connectivity index (χ0v) is 11.1. The number of hydrogen-bond donors (Lipinski definition) is 1. The molecule has 0 amide bonds. The van der Waals surface area contributed by atoms with Crippen molar-refractivity contribution >= 4 is 0 Å². The van der Waals surface area contributed by atoms with Gasteiger partial charge in [-0.2, -0.15) is 0 Å². The highest BCUT2D eigenvalue weighted by molar-refractivity contribution is 5.00. The van der Waals surface area contributed by atoms with Crippen LogP contribution >= 0.6 is 0 Å². The Bertz CT molecular complexity index is 352. The molecule has 0 unspecified atom stereocenters. The summed E-state index contributed by atoms with van der Waals surface area (Å²) in [5.41, 5.74) is 0. The highest BCUT2D eigenvalue weighted by atomic mass is 16.9. The molecule has 6 nitrogen and oxygen atoms in total. The van der Waals surface area contributed by atoms with Gasteiger partial charge in [-0.15, -0.1) is 0 Å². The Kier molecular flexibility index (Phi) is 2.59.